The number of amides is 1. The number of carbonyl (C=O) groups excluding carboxylic acids is 1. The van der Waals surface area contributed by atoms with Crippen LogP contribution in [0.2, 0.25) is 0 Å². The zero-order valence-corrected chi connectivity index (χ0v) is 12.9. The minimum Gasteiger partial charge on any atom is -0.398 e. The molecular weight excluding hydrogens is 332 g/mol. The van der Waals surface area contributed by atoms with Gasteiger partial charge in [0, 0.05) is 23.3 Å². The maximum Gasteiger partial charge on any atom is 0.253 e. The van der Waals surface area contributed by atoms with E-state index in [1.165, 1.54) is 12.8 Å². The Morgan fingerprint density at radius 3 is 2.84 bits per heavy atom. The molecule has 1 saturated carbocycles. The second-order valence-corrected chi connectivity index (χ2v) is 5.42. The first-order valence-corrected chi connectivity index (χ1v) is 6.87. The fourth-order valence-corrected chi connectivity index (χ4v) is 1.99. The van der Waals surface area contributed by atoms with Crippen LogP contribution in [-0.4, -0.2) is 25.7 Å². The van der Waals surface area contributed by atoms with E-state index in [0.29, 0.717) is 24.4 Å². The average Bonchev–Trinajstić information content (AvgIpc) is 3.12. The van der Waals surface area contributed by atoms with Crippen molar-refractivity contribution in [1.29, 1.82) is 0 Å². The van der Waals surface area contributed by atoms with E-state index < -0.39 is 0 Å². The zero-order chi connectivity index (χ0) is 13.0. The van der Waals surface area contributed by atoms with E-state index in [0.717, 1.165) is 17.0 Å². The van der Waals surface area contributed by atoms with E-state index in [-0.39, 0.29) is 18.3 Å². The van der Waals surface area contributed by atoms with Gasteiger partial charge in [-0.25, -0.2) is 0 Å². The lowest BCUT2D eigenvalue weighted by Crippen LogP contribution is -2.28. The van der Waals surface area contributed by atoms with Crippen LogP contribution in [0.25, 0.3) is 0 Å². The van der Waals surface area contributed by atoms with E-state index in [2.05, 4.69) is 21.2 Å². The molecule has 0 aliphatic heterocycles. The average molecular weight is 350 g/mol. The van der Waals surface area contributed by atoms with E-state index in [1.807, 2.05) is 0 Å². The summed E-state index contributed by atoms with van der Waals surface area (Å²) >= 11 is 3.31. The Hall–Kier alpha value is -0.780. The molecular formula is C13H18BrClN2O2. The predicted octanol–water partition coefficient (Wildman–Crippen LogP) is 2.61. The van der Waals surface area contributed by atoms with Crippen molar-refractivity contribution in [2.24, 2.45) is 5.92 Å². The smallest absolute Gasteiger partial charge is 0.253 e. The Bertz CT molecular complexity index is 439. The topological polar surface area (TPSA) is 64.4 Å². The Balaban J connectivity index is 0.00000180. The van der Waals surface area contributed by atoms with Gasteiger partial charge in [0.05, 0.1) is 12.2 Å². The molecule has 1 aliphatic rings. The highest BCUT2D eigenvalue weighted by Crippen LogP contribution is 2.28. The zero-order valence-electron chi connectivity index (χ0n) is 10.5. The van der Waals surface area contributed by atoms with Gasteiger partial charge in [0.25, 0.3) is 5.91 Å². The lowest BCUT2D eigenvalue weighted by atomic mass is 10.1. The van der Waals surface area contributed by atoms with Crippen molar-refractivity contribution < 1.29 is 9.53 Å². The molecule has 0 heterocycles. The first-order chi connectivity index (χ1) is 8.66. The molecule has 0 spiro atoms. The standard InChI is InChI=1S/C13H17BrN2O2.ClH/c14-10-3-4-11(12(15)7-10)13(17)16-5-6-18-8-9-1-2-9;/h3-4,7,9H,1-2,5-6,8,15H2,(H,16,17);1H. The largest absolute Gasteiger partial charge is 0.398 e. The summed E-state index contributed by atoms with van der Waals surface area (Å²) in [6.07, 6.45) is 2.56. The molecule has 6 heteroatoms. The van der Waals surface area contributed by atoms with Crippen LogP contribution in [0, 0.1) is 5.92 Å². The number of hydrogen-bond donors (Lipinski definition) is 2. The number of carbonyl (C=O) groups is 1. The fraction of sp³-hybridized carbons (Fsp3) is 0.462. The van der Waals surface area contributed by atoms with Gasteiger partial charge in [-0.2, -0.15) is 0 Å². The van der Waals surface area contributed by atoms with E-state index >= 15 is 0 Å². The van der Waals surface area contributed by atoms with Crippen molar-refractivity contribution in [3.63, 3.8) is 0 Å². The molecule has 0 bridgehead atoms. The third-order valence-electron chi connectivity index (χ3n) is 2.84. The molecule has 0 aromatic heterocycles. The number of nitrogen functional groups attached to an aromatic ring is 1. The molecule has 106 valence electrons. The van der Waals surface area contributed by atoms with E-state index in [9.17, 15) is 4.79 Å². The number of nitrogens with one attached hydrogen (secondary N) is 1. The number of anilines is 1. The maximum atomic E-state index is 11.8. The lowest BCUT2D eigenvalue weighted by molar-refractivity contribution is 0.0907. The molecule has 0 saturated heterocycles. The van der Waals surface area contributed by atoms with Crippen LogP contribution in [0.1, 0.15) is 23.2 Å². The summed E-state index contributed by atoms with van der Waals surface area (Å²) < 4.78 is 6.30. The Kier molecular flexibility index (Phi) is 6.62. The van der Waals surface area contributed by atoms with Gasteiger partial charge in [0.15, 0.2) is 0 Å². The summed E-state index contributed by atoms with van der Waals surface area (Å²) in [4.78, 5) is 11.8. The first-order valence-electron chi connectivity index (χ1n) is 6.08. The van der Waals surface area contributed by atoms with Crippen LogP contribution in [0.3, 0.4) is 0 Å². The minimum atomic E-state index is -0.157. The van der Waals surface area contributed by atoms with Crippen LogP contribution in [0.4, 0.5) is 5.69 Å². The van der Waals surface area contributed by atoms with Gasteiger partial charge in [0.2, 0.25) is 0 Å². The number of benzene rings is 1. The molecule has 2 rings (SSSR count). The second kappa shape index (κ2) is 7.72. The number of nitrogens with two attached hydrogens (primary N) is 1. The third kappa shape index (κ3) is 5.38. The Labute approximate surface area is 127 Å². The first kappa shape index (κ1) is 16.3. The predicted molar refractivity (Wildman–Crippen MR) is 81.7 cm³/mol. The maximum absolute atomic E-state index is 11.8. The van der Waals surface area contributed by atoms with Gasteiger partial charge in [-0.05, 0) is 37.0 Å². The molecule has 1 amide bonds. The number of halogens is 2. The minimum absolute atomic E-state index is 0. The summed E-state index contributed by atoms with van der Waals surface area (Å²) in [6.45, 7) is 1.88. The van der Waals surface area contributed by atoms with E-state index in [1.54, 1.807) is 18.2 Å². The fourth-order valence-electron chi connectivity index (χ4n) is 1.61. The van der Waals surface area contributed by atoms with Crippen molar-refractivity contribution in [2.45, 2.75) is 12.8 Å². The molecule has 1 fully saturated rings. The quantitative estimate of drug-likeness (QED) is 0.613. The van der Waals surface area contributed by atoms with Gasteiger partial charge in [-0.1, -0.05) is 15.9 Å². The van der Waals surface area contributed by atoms with Crippen LogP contribution in [0.5, 0.6) is 0 Å². The van der Waals surface area contributed by atoms with Gasteiger partial charge in [-0.3, -0.25) is 4.79 Å². The van der Waals surface area contributed by atoms with Crippen molar-refractivity contribution in [2.75, 3.05) is 25.5 Å². The molecule has 0 radical (unpaired) electrons. The van der Waals surface area contributed by atoms with Gasteiger partial charge in [-0.15, -0.1) is 12.4 Å². The van der Waals surface area contributed by atoms with Crippen molar-refractivity contribution in [3.05, 3.63) is 28.2 Å². The number of hydrogen-bond acceptors (Lipinski definition) is 3. The molecule has 1 aliphatic carbocycles. The van der Waals surface area contributed by atoms with Crippen molar-refractivity contribution in [1.82, 2.24) is 5.32 Å². The van der Waals surface area contributed by atoms with Crippen LogP contribution in [0.15, 0.2) is 22.7 Å². The SMILES string of the molecule is Cl.Nc1cc(Br)ccc1C(=O)NCCOCC1CC1. The highest BCUT2D eigenvalue weighted by atomic mass is 79.9. The molecule has 3 N–H and O–H groups in total. The van der Waals surface area contributed by atoms with Crippen LogP contribution in [-0.2, 0) is 4.74 Å². The normalized spacial score (nSPS) is 13.7. The molecule has 4 nitrogen and oxygen atoms in total. The number of rotatable bonds is 6. The lowest BCUT2D eigenvalue weighted by Gasteiger charge is -2.08. The summed E-state index contributed by atoms with van der Waals surface area (Å²) in [5.74, 6) is 0.595. The Morgan fingerprint density at radius 1 is 1.47 bits per heavy atom. The summed E-state index contributed by atoms with van der Waals surface area (Å²) in [5, 5.41) is 2.79. The molecule has 0 unspecified atom stereocenters. The second-order valence-electron chi connectivity index (χ2n) is 4.51. The summed E-state index contributed by atoms with van der Waals surface area (Å²) in [5.41, 5.74) is 6.75. The highest BCUT2D eigenvalue weighted by Gasteiger charge is 2.20. The van der Waals surface area contributed by atoms with Crippen molar-refractivity contribution >= 4 is 39.9 Å². The van der Waals surface area contributed by atoms with E-state index in [4.69, 9.17) is 10.5 Å². The summed E-state index contributed by atoms with van der Waals surface area (Å²) in [7, 11) is 0. The van der Waals surface area contributed by atoms with Crippen LogP contribution < -0.4 is 11.1 Å². The molecule has 1 aromatic rings. The molecule has 19 heavy (non-hydrogen) atoms. The molecule has 1 aromatic carbocycles. The van der Waals surface area contributed by atoms with Crippen LogP contribution >= 0.6 is 28.3 Å². The van der Waals surface area contributed by atoms with Gasteiger partial charge in [0.1, 0.15) is 0 Å². The molecule has 0 atom stereocenters. The van der Waals surface area contributed by atoms with Gasteiger partial charge >= 0.3 is 0 Å². The van der Waals surface area contributed by atoms with Crippen molar-refractivity contribution in [3.8, 4) is 0 Å². The third-order valence-corrected chi connectivity index (χ3v) is 3.33. The number of ether oxygens (including phenoxy) is 1. The highest BCUT2D eigenvalue weighted by molar-refractivity contribution is 9.10. The monoisotopic (exact) mass is 348 g/mol. The summed E-state index contributed by atoms with van der Waals surface area (Å²) in [6, 6.07) is 5.23. The Morgan fingerprint density at radius 2 is 2.21 bits per heavy atom. The van der Waals surface area contributed by atoms with Gasteiger partial charge < -0.3 is 15.8 Å².